The summed E-state index contributed by atoms with van der Waals surface area (Å²) in [6.45, 7) is 2.05. The Morgan fingerprint density at radius 1 is 1.03 bits per heavy atom. The van der Waals surface area contributed by atoms with Gasteiger partial charge in [0.15, 0.2) is 0 Å². The molecule has 1 aliphatic rings. The highest BCUT2D eigenvalue weighted by molar-refractivity contribution is 9.10. The fourth-order valence-corrected chi connectivity index (χ4v) is 5.47. The van der Waals surface area contributed by atoms with Crippen LogP contribution in [0.25, 0.3) is 0 Å². The normalized spacial score (nSPS) is 13.8. The van der Waals surface area contributed by atoms with E-state index in [-0.39, 0.29) is 24.4 Å². The Balaban J connectivity index is 1.54. The standard InChI is InChI=1S/C31H37BrFN3O3/c1-39-20-6-19-35(31(38)25-12-16-27(33)17-13-25)23-30(37)36(28-7-3-2-4-8-28)22-29-9-5-18-34(29)21-24-10-14-26(32)15-11-24/h5,9-18,28H,2-4,6-8,19-23H2,1H3. The molecule has 1 heterocycles. The molecular formula is C31H37BrFN3O3. The van der Waals surface area contributed by atoms with E-state index in [0.29, 0.717) is 38.2 Å². The largest absolute Gasteiger partial charge is 0.385 e. The molecule has 3 aromatic rings. The van der Waals surface area contributed by atoms with Crippen molar-refractivity contribution in [1.82, 2.24) is 14.4 Å². The Labute approximate surface area is 238 Å². The van der Waals surface area contributed by atoms with Crippen molar-refractivity contribution < 1.29 is 18.7 Å². The van der Waals surface area contributed by atoms with Crippen molar-refractivity contribution in [2.75, 3.05) is 26.8 Å². The van der Waals surface area contributed by atoms with Gasteiger partial charge in [0, 0.05) is 54.8 Å². The summed E-state index contributed by atoms with van der Waals surface area (Å²) >= 11 is 3.50. The van der Waals surface area contributed by atoms with Gasteiger partial charge in [-0.05, 0) is 73.4 Å². The third-order valence-electron chi connectivity index (χ3n) is 7.34. The van der Waals surface area contributed by atoms with Crippen LogP contribution in [0.15, 0.2) is 71.3 Å². The van der Waals surface area contributed by atoms with E-state index in [9.17, 15) is 14.0 Å². The molecule has 0 saturated heterocycles. The lowest BCUT2D eigenvalue weighted by atomic mass is 9.94. The van der Waals surface area contributed by atoms with Gasteiger partial charge in [0.1, 0.15) is 12.4 Å². The minimum absolute atomic E-state index is 0.0240. The van der Waals surface area contributed by atoms with Crippen LogP contribution < -0.4 is 0 Å². The van der Waals surface area contributed by atoms with Crippen LogP contribution in [0.1, 0.15) is 60.1 Å². The van der Waals surface area contributed by atoms with Crippen LogP contribution in [-0.4, -0.2) is 59.0 Å². The van der Waals surface area contributed by atoms with Crippen molar-refractivity contribution in [3.63, 3.8) is 0 Å². The molecule has 2 amide bonds. The average Bonchev–Trinajstić information content (AvgIpc) is 3.39. The topological polar surface area (TPSA) is 54.8 Å². The molecular weight excluding hydrogens is 561 g/mol. The Morgan fingerprint density at radius 3 is 2.44 bits per heavy atom. The van der Waals surface area contributed by atoms with Gasteiger partial charge in [0.25, 0.3) is 5.91 Å². The second-order valence-corrected chi connectivity index (χ2v) is 11.1. The van der Waals surface area contributed by atoms with Crippen molar-refractivity contribution in [1.29, 1.82) is 0 Å². The number of ether oxygens (including phenoxy) is 1. The smallest absolute Gasteiger partial charge is 0.254 e. The number of aromatic nitrogens is 1. The number of halogens is 2. The maximum absolute atomic E-state index is 13.9. The molecule has 39 heavy (non-hydrogen) atoms. The van der Waals surface area contributed by atoms with Gasteiger partial charge in [-0.15, -0.1) is 0 Å². The van der Waals surface area contributed by atoms with Crippen LogP contribution in [0.2, 0.25) is 0 Å². The minimum atomic E-state index is -0.400. The van der Waals surface area contributed by atoms with Gasteiger partial charge in [-0.1, -0.05) is 47.3 Å². The second kappa shape index (κ2) is 14.4. The number of hydrogen-bond donors (Lipinski definition) is 0. The molecule has 1 saturated carbocycles. The fraction of sp³-hybridized carbons (Fsp3) is 0.419. The van der Waals surface area contributed by atoms with Gasteiger partial charge in [-0.25, -0.2) is 4.39 Å². The number of amides is 2. The number of benzene rings is 2. The molecule has 1 aliphatic carbocycles. The highest BCUT2D eigenvalue weighted by Gasteiger charge is 2.29. The molecule has 1 fully saturated rings. The summed E-state index contributed by atoms with van der Waals surface area (Å²) in [5.41, 5.74) is 2.61. The third-order valence-corrected chi connectivity index (χ3v) is 7.87. The van der Waals surface area contributed by atoms with Crippen molar-refractivity contribution in [2.45, 2.75) is 57.7 Å². The van der Waals surface area contributed by atoms with E-state index in [0.717, 1.165) is 35.8 Å². The van der Waals surface area contributed by atoms with Crippen molar-refractivity contribution in [2.24, 2.45) is 0 Å². The van der Waals surface area contributed by atoms with Crippen LogP contribution in [0.4, 0.5) is 4.39 Å². The van der Waals surface area contributed by atoms with E-state index >= 15 is 0 Å². The lowest BCUT2D eigenvalue weighted by Crippen LogP contribution is -2.48. The van der Waals surface area contributed by atoms with E-state index < -0.39 is 5.82 Å². The zero-order chi connectivity index (χ0) is 27.6. The molecule has 0 unspecified atom stereocenters. The molecule has 0 N–H and O–H groups in total. The lowest BCUT2D eigenvalue weighted by Gasteiger charge is -2.36. The van der Waals surface area contributed by atoms with Crippen molar-refractivity contribution >= 4 is 27.7 Å². The molecule has 0 spiro atoms. The maximum atomic E-state index is 13.9. The van der Waals surface area contributed by atoms with Gasteiger partial charge in [0.05, 0.1) is 6.54 Å². The molecule has 2 aromatic carbocycles. The Hall–Kier alpha value is -2.97. The van der Waals surface area contributed by atoms with E-state index in [4.69, 9.17) is 4.74 Å². The van der Waals surface area contributed by atoms with E-state index in [1.54, 1.807) is 12.0 Å². The maximum Gasteiger partial charge on any atom is 0.254 e. The Morgan fingerprint density at radius 2 is 1.74 bits per heavy atom. The first-order chi connectivity index (χ1) is 18.9. The van der Waals surface area contributed by atoms with Gasteiger partial charge in [-0.3, -0.25) is 9.59 Å². The zero-order valence-corrected chi connectivity index (χ0v) is 24.1. The van der Waals surface area contributed by atoms with E-state index in [1.807, 2.05) is 23.1 Å². The molecule has 4 rings (SSSR count). The number of carbonyl (C=O) groups is 2. The van der Waals surface area contributed by atoms with Crippen LogP contribution >= 0.6 is 15.9 Å². The monoisotopic (exact) mass is 597 g/mol. The summed E-state index contributed by atoms with van der Waals surface area (Å²) in [7, 11) is 1.62. The Kier molecular flexibility index (Phi) is 10.7. The summed E-state index contributed by atoms with van der Waals surface area (Å²) in [6.07, 6.45) is 7.97. The molecule has 6 nitrogen and oxygen atoms in total. The number of nitrogens with zero attached hydrogens (tertiary/aromatic N) is 3. The predicted molar refractivity (Wildman–Crippen MR) is 154 cm³/mol. The summed E-state index contributed by atoms with van der Waals surface area (Å²) in [5.74, 6) is -0.740. The second-order valence-electron chi connectivity index (χ2n) is 10.1. The van der Waals surface area contributed by atoms with Gasteiger partial charge < -0.3 is 19.1 Å². The van der Waals surface area contributed by atoms with Crippen LogP contribution in [0, 0.1) is 5.82 Å². The highest BCUT2D eigenvalue weighted by atomic mass is 79.9. The summed E-state index contributed by atoms with van der Waals surface area (Å²) in [4.78, 5) is 30.9. The molecule has 0 aliphatic heterocycles. The molecule has 0 radical (unpaired) electrons. The van der Waals surface area contributed by atoms with E-state index in [2.05, 4.69) is 44.9 Å². The van der Waals surface area contributed by atoms with Gasteiger partial charge in [-0.2, -0.15) is 0 Å². The molecule has 0 atom stereocenters. The first-order valence-electron chi connectivity index (χ1n) is 13.7. The number of rotatable bonds is 12. The zero-order valence-electron chi connectivity index (χ0n) is 22.5. The minimum Gasteiger partial charge on any atom is -0.385 e. The molecule has 1 aromatic heterocycles. The number of carbonyl (C=O) groups excluding carboxylic acids is 2. The summed E-state index contributed by atoms with van der Waals surface area (Å²) in [6, 6.07) is 18.0. The molecule has 208 valence electrons. The predicted octanol–water partition coefficient (Wildman–Crippen LogP) is 6.28. The van der Waals surface area contributed by atoms with Gasteiger partial charge >= 0.3 is 0 Å². The highest BCUT2D eigenvalue weighted by Crippen LogP contribution is 2.25. The summed E-state index contributed by atoms with van der Waals surface area (Å²) in [5, 5.41) is 0. The SMILES string of the molecule is COCCCN(CC(=O)N(Cc1cccn1Cc1ccc(Br)cc1)C1CCCCC1)C(=O)c1ccc(F)cc1. The van der Waals surface area contributed by atoms with Crippen LogP contribution in [0.5, 0.6) is 0 Å². The molecule has 0 bridgehead atoms. The fourth-order valence-electron chi connectivity index (χ4n) is 5.20. The van der Waals surface area contributed by atoms with Gasteiger partial charge in [0.2, 0.25) is 5.91 Å². The van der Waals surface area contributed by atoms with E-state index in [1.165, 1.54) is 36.2 Å². The van der Waals surface area contributed by atoms with Crippen molar-refractivity contribution in [3.8, 4) is 0 Å². The first-order valence-corrected chi connectivity index (χ1v) is 14.5. The Bertz CT molecular complexity index is 1210. The average molecular weight is 599 g/mol. The number of hydrogen-bond acceptors (Lipinski definition) is 3. The van der Waals surface area contributed by atoms with Crippen LogP contribution in [-0.2, 0) is 22.6 Å². The van der Waals surface area contributed by atoms with Crippen LogP contribution in [0.3, 0.4) is 0 Å². The summed E-state index contributed by atoms with van der Waals surface area (Å²) < 4.78 is 21.9. The first kappa shape index (κ1) is 29.0. The third kappa shape index (κ3) is 8.26. The quantitative estimate of drug-likeness (QED) is 0.231. The number of methoxy groups -OCH3 is 1. The van der Waals surface area contributed by atoms with Crippen molar-refractivity contribution in [3.05, 3.63) is 94.0 Å². The lowest BCUT2D eigenvalue weighted by molar-refractivity contribution is -0.135. The molecule has 8 heteroatoms.